The van der Waals surface area contributed by atoms with Crippen LogP contribution in [0.2, 0.25) is 0 Å². The molecule has 6 rings (SSSR count). The van der Waals surface area contributed by atoms with Gasteiger partial charge in [-0.2, -0.15) is 0 Å². The molecule has 5 aliphatic rings. The predicted molar refractivity (Wildman–Crippen MR) is 114 cm³/mol. The molecule has 4 saturated carbocycles. The second-order valence-corrected chi connectivity index (χ2v) is 10.8. The molecule has 4 aliphatic carbocycles. The van der Waals surface area contributed by atoms with E-state index in [2.05, 4.69) is 0 Å². The van der Waals surface area contributed by atoms with Crippen LogP contribution in [-0.2, 0) is 35.2 Å². The van der Waals surface area contributed by atoms with Crippen LogP contribution in [0.3, 0.4) is 0 Å². The van der Waals surface area contributed by atoms with Crippen LogP contribution in [0.25, 0.3) is 0 Å². The fraction of sp³-hybridized carbons (Fsp3) is 0.654. The molecule has 1 aromatic carbocycles. The zero-order chi connectivity index (χ0) is 23.0. The zero-order valence-electron chi connectivity index (χ0n) is 18.8. The minimum atomic E-state index is -1.33. The number of aliphatic hydroxyl groups excluding tert-OH is 1. The molecule has 1 N–H and O–H groups in total. The summed E-state index contributed by atoms with van der Waals surface area (Å²) < 4.78 is 17.6. The van der Waals surface area contributed by atoms with E-state index in [9.17, 15) is 19.5 Å². The molecule has 1 heterocycles. The number of fused-ring (bicyclic) bond motifs is 1. The number of ether oxygens (including phenoxy) is 3. The van der Waals surface area contributed by atoms with E-state index in [1.807, 2.05) is 30.3 Å². The van der Waals surface area contributed by atoms with Crippen LogP contribution >= 0.6 is 0 Å². The molecule has 7 nitrogen and oxygen atoms in total. The third kappa shape index (κ3) is 2.55. The molecular formula is C26H30O7. The third-order valence-corrected chi connectivity index (χ3v) is 9.68. The van der Waals surface area contributed by atoms with Gasteiger partial charge in [-0.15, -0.1) is 0 Å². The van der Waals surface area contributed by atoms with Crippen molar-refractivity contribution in [2.24, 2.45) is 34.5 Å². The topological polar surface area (TPSA) is 99.1 Å². The average molecular weight is 455 g/mol. The van der Waals surface area contributed by atoms with Crippen molar-refractivity contribution >= 4 is 17.7 Å². The summed E-state index contributed by atoms with van der Waals surface area (Å²) in [5.41, 5.74) is -1.78. The number of hydrogen-bond acceptors (Lipinski definition) is 7. The van der Waals surface area contributed by atoms with Gasteiger partial charge in [0.1, 0.15) is 16.8 Å². The van der Waals surface area contributed by atoms with Crippen LogP contribution in [0.4, 0.5) is 0 Å². The first-order chi connectivity index (χ1) is 15.9. The van der Waals surface area contributed by atoms with E-state index in [4.69, 9.17) is 14.2 Å². The first-order valence-corrected chi connectivity index (χ1v) is 12.0. The Kier molecular flexibility index (Phi) is 4.60. The zero-order valence-corrected chi connectivity index (χ0v) is 18.8. The van der Waals surface area contributed by atoms with Gasteiger partial charge in [-0.05, 0) is 43.1 Å². The number of esters is 2. The van der Waals surface area contributed by atoms with E-state index < -0.39 is 46.3 Å². The largest absolute Gasteiger partial charge is 0.469 e. The number of Topliss-reactive ketones (excluding diaryl/α,β-unsaturated/α-hetero) is 1. The molecule has 1 aromatic rings. The lowest BCUT2D eigenvalue weighted by molar-refractivity contribution is -0.169. The van der Waals surface area contributed by atoms with E-state index in [1.165, 1.54) is 7.11 Å². The number of hydrogen-bond donors (Lipinski definition) is 1. The van der Waals surface area contributed by atoms with Crippen LogP contribution in [0.1, 0.15) is 44.1 Å². The van der Waals surface area contributed by atoms with Crippen LogP contribution in [-0.4, -0.2) is 48.3 Å². The lowest BCUT2D eigenvalue weighted by Crippen LogP contribution is -2.57. The Morgan fingerprint density at radius 2 is 1.97 bits per heavy atom. The number of carbonyl (C=O) groups is 3. The number of aliphatic hydroxyl groups is 1. The van der Waals surface area contributed by atoms with E-state index in [0.29, 0.717) is 32.3 Å². The van der Waals surface area contributed by atoms with Gasteiger partial charge in [-0.25, -0.2) is 0 Å². The first-order valence-electron chi connectivity index (χ1n) is 12.0. The molecule has 1 aliphatic heterocycles. The Balaban J connectivity index is 1.43. The highest BCUT2D eigenvalue weighted by Crippen LogP contribution is 2.77. The monoisotopic (exact) mass is 454 g/mol. The lowest BCUT2D eigenvalue weighted by atomic mass is 9.58. The van der Waals surface area contributed by atoms with Gasteiger partial charge in [0.05, 0.1) is 32.3 Å². The molecule has 0 aromatic heterocycles. The highest BCUT2D eigenvalue weighted by molar-refractivity contribution is 5.90. The van der Waals surface area contributed by atoms with Crippen molar-refractivity contribution < 1.29 is 33.7 Å². The molecular weight excluding hydrogens is 424 g/mol. The molecule has 8 atom stereocenters. The van der Waals surface area contributed by atoms with Gasteiger partial charge in [0, 0.05) is 24.2 Å². The quantitative estimate of drug-likeness (QED) is 0.682. The van der Waals surface area contributed by atoms with Gasteiger partial charge in [-0.1, -0.05) is 30.3 Å². The van der Waals surface area contributed by atoms with E-state index >= 15 is 0 Å². The molecule has 33 heavy (non-hydrogen) atoms. The Morgan fingerprint density at radius 1 is 1.18 bits per heavy atom. The summed E-state index contributed by atoms with van der Waals surface area (Å²) in [7, 11) is 1.36. The van der Waals surface area contributed by atoms with E-state index in [-0.39, 0.29) is 24.2 Å². The predicted octanol–water partition coefficient (Wildman–Crippen LogP) is 2.43. The van der Waals surface area contributed by atoms with Gasteiger partial charge in [0.15, 0.2) is 0 Å². The summed E-state index contributed by atoms with van der Waals surface area (Å²) in [5, 5.41) is 11.3. The number of carbonyl (C=O) groups excluding carboxylic acids is 3. The standard InChI is InChI=1S/C26H30O7/c1-31-22(29)20-21-25(14-32-13-15-5-3-2-4-6-15)19(28)9-10-26(21,33-23(25)30)18-8-7-16-11-24(18,20)12-17(16)27/h2-6,16,18-21,28H,7-14H2,1H3/t16-,18-,19+,20-,21-,24-,25+,26-/m1/s1. The number of benzene rings is 1. The number of methoxy groups -OCH3 is 1. The molecule has 0 amide bonds. The maximum Gasteiger partial charge on any atom is 0.318 e. The molecule has 4 bridgehead atoms. The average Bonchev–Trinajstić information content (AvgIpc) is 3.29. The Bertz CT molecular complexity index is 1010. The second-order valence-electron chi connectivity index (χ2n) is 10.8. The Hall–Kier alpha value is -2.25. The van der Waals surface area contributed by atoms with Crippen LogP contribution < -0.4 is 0 Å². The summed E-state index contributed by atoms with van der Waals surface area (Å²) in [6.07, 6.45) is 2.44. The van der Waals surface area contributed by atoms with E-state index in [1.54, 1.807) is 0 Å². The van der Waals surface area contributed by atoms with Crippen LogP contribution in [0.15, 0.2) is 30.3 Å². The summed E-state index contributed by atoms with van der Waals surface area (Å²) in [6.45, 7) is 0.266. The molecule has 7 heteroatoms. The summed E-state index contributed by atoms with van der Waals surface area (Å²) in [5.74, 6) is -1.99. The van der Waals surface area contributed by atoms with Gasteiger partial charge < -0.3 is 19.3 Å². The SMILES string of the molecule is COC(=O)[C@H]1[C@H]2[C@@]3(CC[C@H](O)[C@]2(COCc2ccccc2)C(=O)O3)[C@@H]2CC[C@@H]3C[C@@]21CC3=O. The minimum Gasteiger partial charge on any atom is -0.469 e. The highest BCUT2D eigenvalue weighted by atomic mass is 16.6. The molecule has 0 unspecified atom stereocenters. The Morgan fingerprint density at radius 3 is 2.73 bits per heavy atom. The van der Waals surface area contributed by atoms with Crippen LogP contribution in [0, 0.1) is 34.5 Å². The molecule has 1 spiro atoms. The van der Waals surface area contributed by atoms with Crippen molar-refractivity contribution in [1.82, 2.24) is 0 Å². The molecule has 5 fully saturated rings. The highest BCUT2D eigenvalue weighted by Gasteiger charge is 2.84. The minimum absolute atomic E-state index is 0.0258. The number of rotatable bonds is 5. The normalized spacial score (nSPS) is 44.8. The lowest BCUT2D eigenvalue weighted by Gasteiger charge is -2.45. The Labute approximate surface area is 192 Å². The van der Waals surface area contributed by atoms with Crippen molar-refractivity contribution in [3.8, 4) is 0 Å². The number of ketones is 1. The van der Waals surface area contributed by atoms with Crippen molar-refractivity contribution in [1.29, 1.82) is 0 Å². The van der Waals surface area contributed by atoms with Crippen molar-refractivity contribution in [2.75, 3.05) is 13.7 Å². The molecule has 0 radical (unpaired) electrons. The summed E-state index contributed by atoms with van der Waals surface area (Å²) in [6, 6.07) is 9.64. The van der Waals surface area contributed by atoms with Gasteiger partial charge in [0.2, 0.25) is 0 Å². The second kappa shape index (κ2) is 7.12. The summed E-state index contributed by atoms with van der Waals surface area (Å²) in [4.78, 5) is 39.8. The van der Waals surface area contributed by atoms with Crippen LogP contribution in [0.5, 0.6) is 0 Å². The van der Waals surface area contributed by atoms with Crippen molar-refractivity contribution in [3.63, 3.8) is 0 Å². The fourth-order valence-corrected chi connectivity index (χ4v) is 8.57. The van der Waals surface area contributed by atoms with Crippen molar-refractivity contribution in [2.45, 2.75) is 56.8 Å². The maximum atomic E-state index is 13.6. The first kappa shape index (κ1) is 21.3. The molecule has 1 saturated heterocycles. The fourth-order valence-electron chi connectivity index (χ4n) is 8.57. The smallest absolute Gasteiger partial charge is 0.318 e. The van der Waals surface area contributed by atoms with Gasteiger partial charge >= 0.3 is 11.9 Å². The van der Waals surface area contributed by atoms with Gasteiger partial charge in [0.25, 0.3) is 0 Å². The van der Waals surface area contributed by atoms with Gasteiger partial charge in [-0.3, -0.25) is 14.4 Å². The van der Waals surface area contributed by atoms with Crippen molar-refractivity contribution in [3.05, 3.63) is 35.9 Å². The van der Waals surface area contributed by atoms with E-state index in [0.717, 1.165) is 18.4 Å². The maximum absolute atomic E-state index is 13.6. The molecule has 176 valence electrons. The summed E-state index contributed by atoms with van der Waals surface area (Å²) >= 11 is 0. The third-order valence-electron chi connectivity index (χ3n) is 9.68.